The van der Waals surface area contributed by atoms with Gasteiger partial charge in [-0.05, 0) is 31.5 Å². The van der Waals surface area contributed by atoms with Crippen LogP contribution in [0.2, 0.25) is 0 Å². The molecule has 2 aromatic carbocycles. The number of para-hydroxylation sites is 1. The number of hydrogen-bond acceptors (Lipinski definition) is 5. The Morgan fingerprint density at radius 3 is 2.61 bits per heavy atom. The predicted molar refractivity (Wildman–Crippen MR) is 115 cm³/mol. The number of sulfone groups is 1. The molecule has 0 aliphatic carbocycles. The highest BCUT2D eigenvalue weighted by molar-refractivity contribution is 7.99. The van der Waals surface area contributed by atoms with Crippen LogP contribution in [0.15, 0.2) is 48.5 Å². The second kappa shape index (κ2) is 9.01. The third-order valence-corrected chi connectivity index (χ3v) is 7.51. The number of carbonyl (C=O) groups excluding carboxylic acids is 1. The minimum Gasteiger partial charge on any atom is -0.496 e. The molecule has 0 unspecified atom stereocenters. The van der Waals surface area contributed by atoms with E-state index in [2.05, 4.69) is 6.07 Å². The molecule has 1 heterocycles. The molecule has 0 spiro atoms. The van der Waals surface area contributed by atoms with Crippen molar-refractivity contribution in [1.29, 1.82) is 0 Å². The van der Waals surface area contributed by atoms with Gasteiger partial charge in [-0.25, -0.2) is 8.42 Å². The smallest absolute Gasteiger partial charge is 0.237 e. The van der Waals surface area contributed by atoms with E-state index >= 15 is 0 Å². The molecular formula is C21H25NO4S2. The Labute approximate surface area is 171 Å². The SMILES string of the molecule is COc1ccc(C)cc1CSCC(=O)N(c1ccccc1)[C@H]1CCS(=O)(=O)C1. The second-order valence-electron chi connectivity index (χ2n) is 6.96. The molecule has 1 aliphatic heterocycles. The summed E-state index contributed by atoms with van der Waals surface area (Å²) in [6, 6.07) is 15.0. The van der Waals surface area contributed by atoms with Crippen molar-refractivity contribution >= 4 is 33.2 Å². The predicted octanol–water partition coefficient (Wildman–Crippen LogP) is 3.46. The van der Waals surface area contributed by atoms with Gasteiger partial charge in [0.2, 0.25) is 5.91 Å². The maximum Gasteiger partial charge on any atom is 0.237 e. The molecule has 5 nitrogen and oxygen atoms in total. The molecule has 1 saturated heterocycles. The number of anilines is 1. The normalized spacial score (nSPS) is 18.0. The lowest BCUT2D eigenvalue weighted by Crippen LogP contribution is -2.42. The minimum atomic E-state index is -3.08. The highest BCUT2D eigenvalue weighted by Crippen LogP contribution is 2.28. The van der Waals surface area contributed by atoms with Gasteiger partial charge in [-0.3, -0.25) is 4.79 Å². The Kier molecular flexibility index (Phi) is 6.67. The van der Waals surface area contributed by atoms with Gasteiger partial charge in [0.1, 0.15) is 5.75 Å². The Balaban J connectivity index is 1.71. The van der Waals surface area contributed by atoms with Crippen molar-refractivity contribution in [3.05, 3.63) is 59.7 Å². The second-order valence-corrected chi connectivity index (χ2v) is 10.2. The summed E-state index contributed by atoms with van der Waals surface area (Å²) in [6.45, 7) is 2.02. The number of methoxy groups -OCH3 is 1. The molecule has 1 aliphatic rings. The van der Waals surface area contributed by atoms with Crippen molar-refractivity contribution in [2.75, 3.05) is 29.3 Å². The van der Waals surface area contributed by atoms with E-state index < -0.39 is 9.84 Å². The Morgan fingerprint density at radius 2 is 1.96 bits per heavy atom. The molecule has 0 N–H and O–H groups in total. The van der Waals surface area contributed by atoms with Gasteiger partial charge in [0.15, 0.2) is 9.84 Å². The van der Waals surface area contributed by atoms with Crippen molar-refractivity contribution in [2.24, 2.45) is 0 Å². The van der Waals surface area contributed by atoms with Crippen LogP contribution in [0.5, 0.6) is 5.75 Å². The number of ether oxygens (including phenoxy) is 1. The van der Waals surface area contributed by atoms with E-state index in [9.17, 15) is 13.2 Å². The number of benzene rings is 2. The Morgan fingerprint density at radius 1 is 1.21 bits per heavy atom. The maximum atomic E-state index is 13.0. The monoisotopic (exact) mass is 419 g/mol. The first-order valence-electron chi connectivity index (χ1n) is 9.18. The van der Waals surface area contributed by atoms with Crippen LogP contribution in [0.25, 0.3) is 0 Å². The van der Waals surface area contributed by atoms with Gasteiger partial charge in [-0.1, -0.05) is 35.9 Å². The third kappa shape index (κ3) is 5.08. The summed E-state index contributed by atoms with van der Waals surface area (Å²) in [4.78, 5) is 14.7. The van der Waals surface area contributed by atoms with Crippen molar-refractivity contribution in [3.8, 4) is 5.75 Å². The van der Waals surface area contributed by atoms with E-state index in [0.717, 1.165) is 22.6 Å². The van der Waals surface area contributed by atoms with Crippen molar-refractivity contribution in [2.45, 2.75) is 25.1 Å². The van der Waals surface area contributed by atoms with E-state index in [-0.39, 0.29) is 29.2 Å². The van der Waals surface area contributed by atoms with Gasteiger partial charge < -0.3 is 9.64 Å². The van der Waals surface area contributed by atoms with Crippen LogP contribution in [0.1, 0.15) is 17.5 Å². The number of rotatable bonds is 7. The molecule has 3 rings (SSSR count). The van der Waals surface area contributed by atoms with E-state index in [1.54, 1.807) is 12.0 Å². The fourth-order valence-electron chi connectivity index (χ4n) is 3.46. The highest BCUT2D eigenvalue weighted by atomic mass is 32.2. The van der Waals surface area contributed by atoms with Crippen LogP contribution in [-0.4, -0.2) is 44.7 Å². The zero-order valence-electron chi connectivity index (χ0n) is 16.1. The van der Waals surface area contributed by atoms with Gasteiger partial charge in [0, 0.05) is 17.0 Å². The number of thioether (sulfide) groups is 1. The molecule has 150 valence electrons. The lowest BCUT2D eigenvalue weighted by atomic mass is 10.1. The van der Waals surface area contributed by atoms with Gasteiger partial charge in [-0.15, -0.1) is 11.8 Å². The fraction of sp³-hybridized carbons (Fsp3) is 0.381. The number of nitrogens with zero attached hydrogens (tertiary/aromatic N) is 1. The van der Waals surface area contributed by atoms with E-state index in [4.69, 9.17) is 4.74 Å². The van der Waals surface area contributed by atoms with Crippen LogP contribution in [0.4, 0.5) is 5.69 Å². The summed E-state index contributed by atoms with van der Waals surface area (Å²) in [7, 11) is -1.44. The largest absolute Gasteiger partial charge is 0.496 e. The fourth-order valence-corrected chi connectivity index (χ4v) is 6.03. The summed E-state index contributed by atoms with van der Waals surface area (Å²) in [5.41, 5.74) is 2.95. The van der Waals surface area contributed by atoms with Crippen molar-refractivity contribution in [3.63, 3.8) is 0 Å². The molecule has 1 amide bonds. The molecule has 2 aromatic rings. The zero-order chi connectivity index (χ0) is 20.1. The maximum absolute atomic E-state index is 13.0. The molecular weight excluding hydrogens is 394 g/mol. The van der Waals surface area contributed by atoms with E-state index in [1.165, 1.54) is 11.8 Å². The molecule has 0 saturated carbocycles. The third-order valence-electron chi connectivity index (χ3n) is 4.80. The van der Waals surface area contributed by atoms with Crippen LogP contribution < -0.4 is 9.64 Å². The lowest BCUT2D eigenvalue weighted by Gasteiger charge is -2.28. The number of hydrogen-bond donors (Lipinski definition) is 0. The molecule has 28 heavy (non-hydrogen) atoms. The Bertz CT molecular complexity index is 929. The van der Waals surface area contributed by atoms with E-state index in [1.807, 2.05) is 49.4 Å². The minimum absolute atomic E-state index is 0.0317. The van der Waals surface area contributed by atoms with Gasteiger partial charge in [-0.2, -0.15) is 0 Å². The number of aryl methyl sites for hydroxylation is 1. The first-order valence-corrected chi connectivity index (χ1v) is 12.2. The lowest BCUT2D eigenvalue weighted by molar-refractivity contribution is -0.116. The average Bonchev–Trinajstić information content (AvgIpc) is 3.02. The average molecular weight is 420 g/mol. The number of carbonyl (C=O) groups is 1. The summed E-state index contributed by atoms with van der Waals surface area (Å²) in [5, 5.41) is 0. The molecule has 0 bridgehead atoms. The quantitative estimate of drug-likeness (QED) is 0.688. The van der Waals surface area contributed by atoms with Gasteiger partial charge >= 0.3 is 0 Å². The van der Waals surface area contributed by atoms with Crippen LogP contribution in [0.3, 0.4) is 0 Å². The van der Waals surface area contributed by atoms with E-state index in [0.29, 0.717) is 12.2 Å². The standard InChI is InChI=1S/C21H25NO4S2/c1-16-8-9-20(26-2)17(12-16)13-27-14-21(23)22(18-6-4-3-5-7-18)19-10-11-28(24,25)15-19/h3-9,12,19H,10-11,13-15H2,1-2H3/t19-/m0/s1. The Hall–Kier alpha value is -1.99. The number of amides is 1. The molecule has 1 fully saturated rings. The first kappa shape index (κ1) is 20.7. The summed E-state index contributed by atoms with van der Waals surface area (Å²) < 4.78 is 29.3. The van der Waals surface area contributed by atoms with Crippen LogP contribution in [-0.2, 0) is 20.4 Å². The zero-order valence-corrected chi connectivity index (χ0v) is 17.8. The molecule has 1 atom stereocenters. The topological polar surface area (TPSA) is 63.7 Å². The van der Waals surface area contributed by atoms with Crippen LogP contribution in [0, 0.1) is 6.92 Å². The van der Waals surface area contributed by atoms with Gasteiger partial charge in [0.25, 0.3) is 0 Å². The van der Waals surface area contributed by atoms with Crippen molar-refractivity contribution < 1.29 is 17.9 Å². The highest BCUT2D eigenvalue weighted by Gasteiger charge is 2.35. The molecule has 0 radical (unpaired) electrons. The summed E-state index contributed by atoms with van der Waals surface area (Å²) in [5.74, 6) is 1.86. The first-order chi connectivity index (χ1) is 13.4. The molecule has 7 heteroatoms. The molecule has 0 aromatic heterocycles. The summed E-state index contributed by atoms with van der Waals surface area (Å²) in [6.07, 6.45) is 0.485. The summed E-state index contributed by atoms with van der Waals surface area (Å²) >= 11 is 1.51. The van der Waals surface area contributed by atoms with Crippen LogP contribution >= 0.6 is 11.8 Å². The van der Waals surface area contributed by atoms with Crippen molar-refractivity contribution in [1.82, 2.24) is 0 Å². The van der Waals surface area contributed by atoms with Gasteiger partial charge in [0.05, 0.1) is 30.4 Å².